The molecule has 5 nitrogen and oxygen atoms in total. The zero-order valence-corrected chi connectivity index (χ0v) is 28.1. The molecule has 0 bridgehead atoms. The van der Waals surface area contributed by atoms with Gasteiger partial charge in [-0.1, -0.05) is 140 Å². The zero-order chi connectivity index (χ0) is 34.2. The third kappa shape index (κ3) is 4.36. The van der Waals surface area contributed by atoms with E-state index in [4.69, 9.17) is 9.98 Å². The molecule has 52 heavy (non-hydrogen) atoms. The highest BCUT2D eigenvalue weighted by Crippen LogP contribution is 2.41. The molecule has 1 N–H and O–H groups in total. The molecule has 8 aromatic carbocycles. The highest BCUT2D eigenvalue weighted by atomic mass is 15.3. The van der Waals surface area contributed by atoms with E-state index in [9.17, 15) is 0 Å². The molecule has 5 heteroatoms. The molecule has 0 radical (unpaired) electrons. The van der Waals surface area contributed by atoms with Crippen LogP contribution in [0.4, 0.5) is 0 Å². The van der Waals surface area contributed by atoms with Gasteiger partial charge in [-0.05, 0) is 58.1 Å². The molecule has 11 rings (SSSR count). The number of nitrogens with one attached hydrogen (secondary N) is 1. The molecule has 10 aromatic rings. The van der Waals surface area contributed by atoms with Crippen LogP contribution in [0.5, 0.6) is 0 Å². The first-order chi connectivity index (χ1) is 25.8. The van der Waals surface area contributed by atoms with E-state index in [1.165, 1.54) is 43.4 Å². The van der Waals surface area contributed by atoms with Gasteiger partial charge in [0.1, 0.15) is 12.0 Å². The first-order valence-electron chi connectivity index (χ1n) is 17.7. The monoisotopic (exact) mass is 665 g/mol. The Kier molecular flexibility index (Phi) is 6.25. The van der Waals surface area contributed by atoms with E-state index in [1.807, 2.05) is 6.07 Å². The average molecular weight is 666 g/mol. The highest BCUT2D eigenvalue weighted by molar-refractivity contribution is 6.24. The Morgan fingerprint density at radius 2 is 1.08 bits per heavy atom. The van der Waals surface area contributed by atoms with E-state index in [0.717, 1.165) is 44.5 Å². The second-order valence-corrected chi connectivity index (χ2v) is 13.5. The van der Waals surface area contributed by atoms with Crippen molar-refractivity contribution in [3.8, 4) is 5.69 Å². The van der Waals surface area contributed by atoms with Crippen LogP contribution in [0.2, 0.25) is 0 Å². The van der Waals surface area contributed by atoms with Crippen LogP contribution in [-0.2, 0) is 0 Å². The Hall–Kier alpha value is -6.98. The SMILES string of the molecule is c1ccc(C2=NC(n3c4ccccc4c4cc5c(cc43)c3ccc4ccccc4c3n5-c3ccccc3)=NC(c3ccc4ccccc4c3)N2)cc1. The minimum atomic E-state index is -0.335. The molecule has 2 aromatic heterocycles. The molecule has 1 aliphatic rings. The molecule has 0 aliphatic carbocycles. The summed E-state index contributed by atoms with van der Waals surface area (Å²) >= 11 is 0. The Morgan fingerprint density at radius 1 is 0.442 bits per heavy atom. The van der Waals surface area contributed by atoms with Crippen LogP contribution in [0.3, 0.4) is 0 Å². The number of rotatable bonds is 3. The number of nitrogens with zero attached hydrogens (tertiary/aromatic N) is 4. The van der Waals surface area contributed by atoms with Gasteiger partial charge >= 0.3 is 0 Å². The molecular weight excluding hydrogens is 635 g/mol. The molecule has 1 aliphatic heterocycles. The van der Waals surface area contributed by atoms with E-state index in [2.05, 4.69) is 184 Å². The van der Waals surface area contributed by atoms with Gasteiger partial charge in [-0.25, -0.2) is 4.99 Å². The Balaban J connectivity index is 1.22. The topological polar surface area (TPSA) is 46.6 Å². The van der Waals surface area contributed by atoms with E-state index < -0.39 is 0 Å². The predicted octanol–water partition coefficient (Wildman–Crippen LogP) is 11.2. The van der Waals surface area contributed by atoms with Crippen molar-refractivity contribution in [3.05, 3.63) is 187 Å². The second-order valence-electron chi connectivity index (χ2n) is 13.5. The van der Waals surface area contributed by atoms with Crippen LogP contribution in [0.15, 0.2) is 186 Å². The van der Waals surface area contributed by atoms with E-state index in [-0.39, 0.29) is 6.17 Å². The fourth-order valence-corrected chi connectivity index (χ4v) is 8.12. The maximum Gasteiger partial charge on any atom is 0.234 e. The molecule has 0 fully saturated rings. The van der Waals surface area contributed by atoms with Crippen molar-refractivity contribution in [1.29, 1.82) is 0 Å². The standard InChI is InChI=1S/C47H31N5/c1-3-15-32(16-4-1)45-48-46(34-24-23-30-13-7-8-17-33(30)27-34)50-47(49-45)52-41-22-12-11-21-37(41)39-28-42-40(29-43(39)52)38-26-25-31-14-9-10-20-36(31)44(38)51(42)35-18-5-2-6-19-35/h1-29,46H,(H,48,49,50). The normalized spacial score (nSPS) is 14.7. The summed E-state index contributed by atoms with van der Waals surface area (Å²) in [5, 5.41) is 13.2. The van der Waals surface area contributed by atoms with Gasteiger partial charge in [-0.2, -0.15) is 4.99 Å². The summed E-state index contributed by atoms with van der Waals surface area (Å²) in [6, 6.07) is 62.7. The van der Waals surface area contributed by atoms with Crippen LogP contribution >= 0.6 is 0 Å². The molecule has 0 spiro atoms. The summed E-state index contributed by atoms with van der Waals surface area (Å²) in [6.07, 6.45) is -0.335. The molecule has 0 amide bonds. The van der Waals surface area contributed by atoms with Crippen molar-refractivity contribution in [2.75, 3.05) is 0 Å². The fourth-order valence-electron chi connectivity index (χ4n) is 8.12. The molecule has 1 unspecified atom stereocenters. The van der Waals surface area contributed by atoms with Crippen molar-refractivity contribution in [2.45, 2.75) is 6.17 Å². The Labute approximate surface area is 299 Å². The van der Waals surface area contributed by atoms with Gasteiger partial charge in [0.15, 0.2) is 0 Å². The number of hydrogen-bond acceptors (Lipinski definition) is 3. The first kappa shape index (κ1) is 28.8. The van der Waals surface area contributed by atoms with Crippen LogP contribution in [-0.4, -0.2) is 20.9 Å². The van der Waals surface area contributed by atoms with Gasteiger partial charge in [0, 0.05) is 38.2 Å². The maximum absolute atomic E-state index is 5.39. The van der Waals surface area contributed by atoms with E-state index in [1.54, 1.807) is 0 Å². The van der Waals surface area contributed by atoms with E-state index >= 15 is 0 Å². The van der Waals surface area contributed by atoms with Gasteiger partial charge in [0.2, 0.25) is 5.96 Å². The lowest BCUT2D eigenvalue weighted by molar-refractivity contribution is 0.669. The number of hydrogen-bond donors (Lipinski definition) is 1. The zero-order valence-electron chi connectivity index (χ0n) is 28.1. The summed E-state index contributed by atoms with van der Waals surface area (Å²) < 4.78 is 4.69. The molecular formula is C47H31N5. The fraction of sp³-hybridized carbons (Fsp3) is 0.0213. The van der Waals surface area contributed by atoms with Crippen LogP contribution < -0.4 is 5.32 Å². The Morgan fingerprint density at radius 3 is 1.90 bits per heavy atom. The van der Waals surface area contributed by atoms with Crippen molar-refractivity contribution in [3.63, 3.8) is 0 Å². The summed E-state index contributed by atoms with van der Waals surface area (Å²) in [7, 11) is 0. The van der Waals surface area contributed by atoms with Gasteiger partial charge in [0.05, 0.1) is 22.1 Å². The van der Waals surface area contributed by atoms with Crippen LogP contribution in [0, 0.1) is 0 Å². The molecule has 0 saturated heterocycles. The lowest BCUT2D eigenvalue weighted by atomic mass is 10.0. The minimum Gasteiger partial charge on any atom is -0.344 e. The van der Waals surface area contributed by atoms with Gasteiger partial charge < -0.3 is 9.88 Å². The quantitative estimate of drug-likeness (QED) is 0.201. The number of aromatic nitrogens is 2. The van der Waals surface area contributed by atoms with Gasteiger partial charge in [-0.3, -0.25) is 4.57 Å². The van der Waals surface area contributed by atoms with Crippen LogP contribution in [0.1, 0.15) is 17.3 Å². The second kappa shape index (κ2) is 11.3. The van der Waals surface area contributed by atoms with Gasteiger partial charge in [0.25, 0.3) is 0 Å². The lowest BCUT2D eigenvalue weighted by Crippen LogP contribution is -2.35. The largest absolute Gasteiger partial charge is 0.344 e. The minimum absolute atomic E-state index is 0.335. The third-order valence-corrected chi connectivity index (χ3v) is 10.5. The average Bonchev–Trinajstić information content (AvgIpc) is 3.72. The molecule has 0 saturated carbocycles. The van der Waals surface area contributed by atoms with Crippen molar-refractivity contribution >= 4 is 77.0 Å². The van der Waals surface area contributed by atoms with Crippen LogP contribution in [0.25, 0.3) is 70.8 Å². The third-order valence-electron chi connectivity index (χ3n) is 10.5. The van der Waals surface area contributed by atoms with Crippen molar-refractivity contribution in [2.24, 2.45) is 9.98 Å². The summed E-state index contributed by atoms with van der Waals surface area (Å²) in [4.78, 5) is 10.7. The summed E-state index contributed by atoms with van der Waals surface area (Å²) in [6.45, 7) is 0. The highest BCUT2D eigenvalue weighted by Gasteiger charge is 2.25. The molecule has 1 atom stereocenters. The number of aliphatic imine (C=N–C) groups is 2. The summed E-state index contributed by atoms with van der Waals surface area (Å²) in [5.41, 5.74) is 7.76. The number of benzene rings is 8. The maximum atomic E-state index is 5.39. The number of para-hydroxylation sites is 2. The lowest BCUT2D eigenvalue weighted by Gasteiger charge is -2.24. The van der Waals surface area contributed by atoms with Crippen molar-refractivity contribution < 1.29 is 0 Å². The van der Waals surface area contributed by atoms with Gasteiger partial charge in [-0.15, -0.1) is 0 Å². The van der Waals surface area contributed by atoms with Crippen molar-refractivity contribution in [1.82, 2.24) is 14.5 Å². The Bertz CT molecular complexity index is 3090. The predicted molar refractivity (Wildman–Crippen MR) is 217 cm³/mol. The van der Waals surface area contributed by atoms with E-state index in [0.29, 0.717) is 5.96 Å². The number of fused-ring (bicyclic) bond motifs is 9. The molecule has 244 valence electrons. The number of amidine groups is 1. The summed E-state index contributed by atoms with van der Waals surface area (Å²) in [5.74, 6) is 1.45. The smallest absolute Gasteiger partial charge is 0.234 e. The first-order valence-corrected chi connectivity index (χ1v) is 17.7. The molecule has 3 heterocycles.